The summed E-state index contributed by atoms with van der Waals surface area (Å²) in [6.07, 6.45) is 5.39. The monoisotopic (exact) mass is 346 g/mol. The van der Waals surface area contributed by atoms with Crippen molar-refractivity contribution >= 4 is 38.6 Å². The molecule has 1 aliphatic heterocycles. The second-order valence-electron chi connectivity index (χ2n) is 5.47. The Kier molecular flexibility index (Phi) is 5.76. The number of thiocarbonyl (C=S) groups is 1. The molecule has 21 heavy (non-hydrogen) atoms. The third kappa shape index (κ3) is 4.03. The standard InChI is InChI=1S/C14H22N2O2S3/c1-2-4-11-5-3-9-16(10-8-11)21(17,18)13-7-6-12(20-13)14(15)19/h6-7,11H,2-5,8-10H2,1H3,(H2,15,19). The molecular weight excluding hydrogens is 324 g/mol. The van der Waals surface area contributed by atoms with Crippen molar-refractivity contribution in [2.24, 2.45) is 11.7 Å². The lowest BCUT2D eigenvalue weighted by atomic mass is 9.96. The summed E-state index contributed by atoms with van der Waals surface area (Å²) in [6.45, 7) is 3.42. The first-order valence-corrected chi connectivity index (χ1v) is 10.0. The minimum Gasteiger partial charge on any atom is -0.389 e. The highest BCUT2D eigenvalue weighted by atomic mass is 32.2. The maximum Gasteiger partial charge on any atom is 0.252 e. The molecule has 1 fully saturated rings. The third-order valence-corrected chi connectivity index (χ3v) is 7.76. The molecule has 1 aromatic heterocycles. The summed E-state index contributed by atoms with van der Waals surface area (Å²) >= 11 is 6.06. The number of hydrogen-bond donors (Lipinski definition) is 1. The van der Waals surface area contributed by atoms with Gasteiger partial charge in [-0.3, -0.25) is 0 Å². The summed E-state index contributed by atoms with van der Waals surface area (Å²) in [6, 6.07) is 3.31. The summed E-state index contributed by atoms with van der Waals surface area (Å²) in [7, 11) is -3.40. The zero-order valence-corrected chi connectivity index (χ0v) is 14.7. The third-order valence-electron chi connectivity index (χ3n) is 3.92. The second-order valence-corrected chi connectivity index (χ2v) is 9.16. The van der Waals surface area contributed by atoms with E-state index in [0.29, 0.717) is 28.1 Å². The van der Waals surface area contributed by atoms with Crippen LogP contribution in [0.1, 0.15) is 43.9 Å². The van der Waals surface area contributed by atoms with E-state index in [2.05, 4.69) is 6.92 Å². The van der Waals surface area contributed by atoms with Crippen molar-refractivity contribution < 1.29 is 8.42 Å². The summed E-state index contributed by atoms with van der Waals surface area (Å²) in [5.41, 5.74) is 5.56. The SMILES string of the molecule is CCCC1CCCN(S(=O)(=O)c2ccc(C(N)=S)s2)CC1. The number of nitrogens with zero attached hydrogens (tertiary/aromatic N) is 1. The van der Waals surface area contributed by atoms with E-state index < -0.39 is 10.0 Å². The van der Waals surface area contributed by atoms with Gasteiger partial charge in [0.05, 0.1) is 4.88 Å². The first kappa shape index (κ1) is 16.9. The van der Waals surface area contributed by atoms with Crippen molar-refractivity contribution in [2.45, 2.75) is 43.2 Å². The van der Waals surface area contributed by atoms with Crippen LogP contribution in [0.5, 0.6) is 0 Å². The fraction of sp³-hybridized carbons (Fsp3) is 0.643. The summed E-state index contributed by atoms with van der Waals surface area (Å²) in [5, 5.41) is 0. The van der Waals surface area contributed by atoms with Crippen molar-refractivity contribution in [3.05, 3.63) is 17.0 Å². The molecule has 0 aliphatic carbocycles. The average molecular weight is 347 g/mol. The van der Waals surface area contributed by atoms with Crippen LogP contribution >= 0.6 is 23.6 Å². The predicted octanol–water partition coefficient (Wildman–Crippen LogP) is 2.97. The Balaban J connectivity index is 2.13. The van der Waals surface area contributed by atoms with Crippen molar-refractivity contribution in [2.75, 3.05) is 13.1 Å². The molecule has 0 aromatic carbocycles. The van der Waals surface area contributed by atoms with Crippen LogP contribution in [0, 0.1) is 5.92 Å². The number of nitrogens with two attached hydrogens (primary N) is 1. The van der Waals surface area contributed by atoms with Gasteiger partial charge in [0.1, 0.15) is 9.20 Å². The highest BCUT2D eigenvalue weighted by Crippen LogP contribution is 2.29. The normalized spacial score (nSPS) is 21.1. The van der Waals surface area contributed by atoms with E-state index in [1.807, 2.05) is 0 Å². The van der Waals surface area contributed by atoms with Gasteiger partial charge < -0.3 is 5.73 Å². The van der Waals surface area contributed by atoms with E-state index in [4.69, 9.17) is 18.0 Å². The van der Waals surface area contributed by atoms with Gasteiger partial charge in [-0.2, -0.15) is 4.31 Å². The first-order chi connectivity index (χ1) is 9.95. The quantitative estimate of drug-likeness (QED) is 0.833. The largest absolute Gasteiger partial charge is 0.389 e. The lowest BCUT2D eigenvalue weighted by molar-refractivity contribution is 0.400. The molecule has 0 bridgehead atoms. The molecule has 118 valence electrons. The predicted molar refractivity (Wildman–Crippen MR) is 91.2 cm³/mol. The van der Waals surface area contributed by atoms with Gasteiger partial charge in [0.2, 0.25) is 0 Å². The summed E-state index contributed by atoms with van der Waals surface area (Å²) < 4.78 is 27.4. The van der Waals surface area contributed by atoms with Gasteiger partial charge in [-0.1, -0.05) is 32.0 Å². The molecule has 2 rings (SSSR count). The smallest absolute Gasteiger partial charge is 0.252 e. The lowest BCUT2D eigenvalue weighted by Gasteiger charge is -2.19. The van der Waals surface area contributed by atoms with Crippen LogP contribution in [0.15, 0.2) is 16.3 Å². The molecular formula is C14H22N2O2S3. The number of hydrogen-bond acceptors (Lipinski definition) is 4. The Hall–Kier alpha value is -0.500. The highest BCUT2D eigenvalue weighted by molar-refractivity contribution is 7.91. The van der Waals surface area contributed by atoms with E-state index in [-0.39, 0.29) is 4.99 Å². The van der Waals surface area contributed by atoms with Crippen LogP contribution < -0.4 is 5.73 Å². The van der Waals surface area contributed by atoms with Crippen LogP contribution in [-0.2, 0) is 10.0 Å². The van der Waals surface area contributed by atoms with Crippen molar-refractivity contribution in [3.8, 4) is 0 Å². The average Bonchev–Trinajstić information content (AvgIpc) is 2.82. The molecule has 2 heterocycles. The van der Waals surface area contributed by atoms with Gasteiger partial charge in [0, 0.05) is 13.1 Å². The molecule has 1 aliphatic rings. The molecule has 0 saturated carbocycles. The molecule has 1 unspecified atom stereocenters. The maximum absolute atomic E-state index is 12.7. The van der Waals surface area contributed by atoms with Gasteiger partial charge >= 0.3 is 0 Å². The molecule has 0 spiro atoms. The molecule has 4 nitrogen and oxygen atoms in total. The molecule has 1 aromatic rings. The highest BCUT2D eigenvalue weighted by Gasteiger charge is 2.28. The van der Waals surface area contributed by atoms with Crippen LogP contribution in [0.2, 0.25) is 0 Å². The van der Waals surface area contributed by atoms with Crippen molar-refractivity contribution in [1.29, 1.82) is 0 Å². The zero-order valence-electron chi connectivity index (χ0n) is 12.2. The van der Waals surface area contributed by atoms with Gasteiger partial charge in [-0.15, -0.1) is 11.3 Å². The molecule has 7 heteroatoms. The van der Waals surface area contributed by atoms with E-state index in [1.54, 1.807) is 16.4 Å². The second kappa shape index (κ2) is 7.17. The summed E-state index contributed by atoms with van der Waals surface area (Å²) in [4.78, 5) is 0.905. The van der Waals surface area contributed by atoms with Crippen LogP contribution in [0.3, 0.4) is 0 Å². The Morgan fingerprint density at radius 1 is 1.43 bits per heavy atom. The first-order valence-electron chi connectivity index (χ1n) is 7.35. The minimum absolute atomic E-state index is 0.250. The summed E-state index contributed by atoms with van der Waals surface area (Å²) in [5.74, 6) is 0.658. The molecule has 1 atom stereocenters. The van der Waals surface area contributed by atoms with Crippen molar-refractivity contribution in [3.63, 3.8) is 0 Å². The van der Waals surface area contributed by atoms with E-state index in [1.165, 1.54) is 12.8 Å². The fourth-order valence-corrected chi connectivity index (χ4v) is 5.79. The Bertz CT molecular complexity index is 595. The van der Waals surface area contributed by atoms with Gasteiger partial charge in [0.25, 0.3) is 10.0 Å². The molecule has 0 radical (unpaired) electrons. The fourth-order valence-electron chi connectivity index (χ4n) is 2.79. The minimum atomic E-state index is -3.40. The van der Waals surface area contributed by atoms with E-state index in [9.17, 15) is 8.42 Å². The molecule has 0 amide bonds. The Morgan fingerprint density at radius 2 is 2.19 bits per heavy atom. The Morgan fingerprint density at radius 3 is 2.81 bits per heavy atom. The molecule has 2 N–H and O–H groups in total. The number of thiophene rings is 1. The number of rotatable bonds is 5. The van der Waals surface area contributed by atoms with E-state index in [0.717, 1.165) is 30.6 Å². The van der Waals surface area contributed by atoms with Crippen LogP contribution in [-0.4, -0.2) is 30.8 Å². The van der Waals surface area contributed by atoms with Gasteiger partial charge in [0.15, 0.2) is 0 Å². The molecule has 1 saturated heterocycles. The number of sulfonamides is 1. The van der Waals surface area contributed by atoms with Gasteiger partial charge in [-0.05, 0) is 37.3 Å². The lowest BCUT2D eigenvalue weighted by Crippen LogP contribution is -2.31. The van der Waals surface area contributed by atoms with Crippen molar-refractivity contribution in [1.82, 2.24) is 4.31 Å². The van der Waals surface area contributed by atoms with E-state index >= 15 is 0 Å². The Labute approximate surface area is 136 Å². The zero-order chi connectivity index (χ0) is 15.5. The van der Waals surface area contributed by atoms with Gasteiger partial charge in [-0.25, -0.2) is 8.42 Å². The van der Waals surface area contributed by atoms with Crippen LogP contribution in [0.4, 0.5) is 0 Å². The maximum atomic E-state index is 12.7. The topological polar surface area (TPSA) is 63.4 Å². The van der Waals surface area contributed by atoms with Crippen LogP contribution in [0.25, 0.3) is 0 Å².